The smallest absolute Gasteiger partial charge is 0.365 e. The number of aromatic nitrogens is 1. The van der Waals surface area contributed by atoms with E-state index in [4.69, 9.17) is 16.3 Å². The van der Waals surface area contributed by atoms with Crippen LogP contribution in [0.1, 0.15) is 16.7 Å². The number of fused-ring (bicyclic) bond motifs is 2. The Morgan fingerprint density at radius 3 is 2.73 bits per heavy atom. The van der Waals surface area contributed by atoms with E-state index in [2.05, 4.69) is 23.2 Å². The number of quaternary nitrogens is 1. The van der Waals surface area contributed by atoms with E-state index in [1.165, 1.54) is 18.2 Å². The zero-order valence-corrected chi connectivity index (χ0v) is 15.3. The summed E-state index contributed by atoms with van der Waals surface area (Å²) in [7, 11) is 1.45. The Morgan fingerprint density at radius 1 is 1.19 bits per heavy atom. The number of para-hydroxylation sites is 1. The van der Waals surface area contributed by atoms with Crippen LogP contribution in [0.15, 0.2) is 54.6 Å². The number of hydrogen-bond donors (Lipinski definition) is 1. The molecule has 5 heteroatoms. The van der Waals surface area contributed by atoms with E-state index >= 15 is 0 Å². The van der Waals surface area contributed by atoms with Crippen molar-refractivity contribution in [1.82, 2.24) is 4.98 Å². The lowest BCUT2D eigenvalue weighted by Gasteiger charge is -2.32. The lowest BCUT2D eigenvalue weighted by atomic mass is 9.93. The number of ether oxygens (including phenoxy) is 1. The second-order valence-electron chi connectivity index (χ2n) is 6.69. The molecule has 1 aliphatic rings. The lowest BCUT2D eigenvalue weighted by molar-refractivity contribution is -0.945. The molecule has 2 heterocycles. The van der Waals surface area contributed by atoms with Crippen molar-refractivity contribution in [2.24, 2.45) is 0 Å². The molecule has 0 radical (unpaired) electrons. The molecule has 3 aromatic rings. The van der Waals surface area contributed by atoms with Gasteiger partial charge in [-0.2, -0.15) is 0 Å². The van der Waals surface area contributed by atoms with E-state index in [0.29, 0.717) is 18.1 Å². The molecule has 0 saturated carbocycles. The summed E-state index contributed by atoms with van der Waals surface area (Å²) in [6.45, 7) is 1.39. The minimum Gasteiger partial charge on any atom is -0.465 e. The van der Waals surface area contributed by atoms with E-state index in [0.717, 1.165) is 27.9 Å². The first-order valence-corrected chi connectivity index (χ1v) is 9.07. The summed E-state index contributed by atoms with van der Waals surface area (Å²) < 4.78 is 5.06. The number of rotatable bonds is 3. The van der Waals surface area contributed by atoms with Crippen molar-refractivity contribution in [1.29, 1.82) is 0 Å². The van der Waals surface area contributed by atoms with Crippen molar-refractivity contribution in [3.8, 4) is 0 Å². The van der Waals surface area contributed by atoms with Gasteiger partial charge >= 0.3 is 5.97 Å². The van der Waals surface area contributed by atoms with Crippen LogP contribution in [-0.2, 0) is 29.0 Å². The number of carbonyl (C=O) groups is 1. The van der Waals surface area contributed by atoms with Crippen LogP contribution in [0.25, 0.3) is 10.9 Å². The predicted octanol–water partition coefficient (Wildman–Crippen LogP) is 2.57. The molecule has 1 aliphatic heterocycles. The maximum absolute atomic E-state index is 12.4. The Hall–Kier alpha value is -2.43. The van der Waals surface area contributed by atoms with Crippen LogP contribution in [0.3, 0.4) is 0 Å². The molecule has 0 bridgehead atoms. The maximum Gasteiger partial charge on any atom is 0.365 e. The van der Waals surface area contributed by atoms with Gasteiger partial charge in [-0.25, -0.2) is 9.78 Å². The standard InChI is InChI=1S/C21H19ClN2O2/c1-26-21(25)19-11-14-6-2-3-8-16(14)12-24(19)13-17-10-15-7-4-5-9-18(15)23-20(17)22/h2-10,19H,11-13H2,1H3/p+1/t19-/m0/s1. The molecule has 1 N–H and O–H groups in total. The van der Waals surface area contributed by atoms with Crippen LogP contribution in [0.4, 0.5) is 0 Å². The second kappa shape index (κ2) is 7.06. The molecule has 1 unspecified atom stereocenters. The molecule has 0 amide bonds. The molecular weight excluding hydrogens is 348 g/mol. The van der Waals surface area contributed by atoms with Crippen LogP contribution < -0.4 is 4.90 Å². The van der Waals surface area contributed by atoms with E-state index in [9.17, 15) is 4.79 Å². The van der Waals surface area contributed by atoms with Gasteiger partial charge in [-0.05, 0) is 17.7 Å². The Morgan fingerprint density at radius 2 is 1.92 bits per heavy atom. The average Bonchev–Trinajstić information content (AvgIpc) is 2.67. The lowest BCUT2D eigenvalue weighted by Crippen LogP contribution is -3.15. The van der Waals surface area contributed by atoms with Gasteiger partial charge in [0.15, 0.2) is 6.04 Å². The number of carbonyl (C=O) groups excluding carboxylic acids is 1. The number of nitrogens with zero attached hydrogens (tertiary/aromatic N) is 1. The zero-order valence-electron chi connectivity index (χ0n) is 14.5. The zero-order chi connectivity index (χ0) is 18.1. The number of esters is 1. The van der Waals surface area contributed by atoms with Crippen LogP contribution in [0.5, 0.6) is 0 Å². The number of halogens is 1. The summed E-state index contributed by atoms with van der Waals surface area (Å²) in [6, 6.07) is 18.0. The van der Waals surface area contributed by atoms with Crippen molar-refractivity contribution >= 4 is 28.5 Å². The molecule has 2 aromatic carbocycles. The summed E-state index contributed by atoms with van der Waals surface area (Å²) in [5.74, 6) is -0.181. The third-order valence-electron chi connectivity index (χ3n) is 5.11. The van der Waals surface area contributed by atoms with Gasteiger partial charge in [-0.15, -0.1) is 0 Å². The quantitative estimate of drug-likeness (QED) is 0.571. The molecule has 0 aliphatic carbocycles. The number of benzene rings is 2. The van der Waals surface area contributed by atoms with Crippen molar-refractivity contribution in [2.45, 2.75) is 25.6 Å². The molecular formula is C21H20ClN2O2+. The summed E-state index contributed by atoms with van der Waals surface area (Å²) in [5.41, 5.74) is 4.32. The van der Waals surface area contributed by atoms with E-state index in [-0.39, 0.29) is 12.0 Å². The van der Waals surface area contributed by atoms with Crippen molar-refractivity contribution < 1.29 is 14.4 Å². The van der Waals surface area contributed by atoms with Gasteiger partial charge in [0.25, 0.3) is 0 Å². The van der Waals surface area contributed by atoms with Gasteiger partial charge in [0.2, 0.25) is 0 Å². The fraction of sp³-hybridized carbons (Fsp3) is 0.238. The van der Waals surface area contributed by atoms with Crippen molar-refractivity contribution in [2.75, 3.05) is 7.11 Å². The highest BCUT2D eigenvalue weighted by Gasteiger charge is 2.36. The summed E-state index contributed by atoms with van der Waals surface area (Å²) in [6.07, 6.45) is 0.677. The highest BCUT2D eigenvalue weighted by molar-refractivity contribution is 6.30. The van der Waals surface area contributed by atoms with Crippen LogP contribution in [-0.4, -0.2) is 24.1 Å². The molecule has 0 saturated heterocycles. The number of hydrogen-bond acceptors (Lipinski definition) is 3. The van der Waals surface area contributed by atoms with Crippen LogP contribution in [0.2, 0.25) is 5.15 Å². The highest BCUT2D eigenvalue weighted by Crippen LogP contribution is 2.21. The van der Waals surface area contributed by atoms with Gasteiger partial charge in [0.05, 0.1) is 12.6 Å². The number of methoxy groups -OCH3 is 1. The van der Waals surface area contributed by atoms with Crippen molar-refractivity contribution in [3.63, 3.8) is 0 Å². The fourth-order valence-electron chi connectivity index (χ4n) is 3.74. The Balaban J connectivity index is 1.69. The summed E-state index contributed by atoms with van der Waals surface area (Å²) in [4.78, 5) is 18.0. The monoisotopic (exact) mass is 367 g/mol. The van der Waals surface area contributed by atoms with Gasteiger partial charge < -0.3 is 9.64 Å². The Bertz CT molecular complexity index is 973. The molecule has 0 spiro atoms. The summed E-state index contributed by atoms with van der Waals surface area (Å²) >= 11 is 6.44. The largest absolute Gasteiger partial charge is 0.465 e. The molecule has 132 valence electrons. The molecule has 2 atom stereocenters. The SMILES string of the molecule is COC(=O)[C@@H]1Cc2ccccc2C[NH+]1Cc1cc2ccccc2nc1Cl. The van der Waals surface area contributed by atoms with Gasteiger partial charge in [0.1, 0.15) is 18.2 Å². The Labute approximate surface area is 157 Å². The third-order valence-corrected chi connectivity index (χ3v) is 5.43. The first-order chi connectivity index (χ1) is 12.7. The first-order valence-electron chi connectivity index (χ1n) is 8.69. The van der Waals surface area contributed by atoms with Crippen molar-refractivity contribution in [3.05, 3.63) is 76.4 Å². The van der Waals surface area contributed by atoms with Gasteiger partial charge in [-0.3, -0.25) is 0 Å². The third kappa shape index (κ3) is 3.18. The first kappa shape index (κ1) is 17.0. The molecule has 26 heavy (non-hydrogen) atoms. The normalized spacial score (nSPS) is 19.2. The minimum atomic E-state index is -0.238. The van der Waals surface area contributed by atoms with Gasteiger partial charge in [-0.1, -0.05) is 54.1 Å². The fourth-order valence-corrected chi connectivity index (χ4v) is 3.96. The second-order valence-corrected chi connectivity index (χ2v) is 7.05. The minimum absolute atomic E-state index is 0.181. The maximum atomic E-state index is 12.4. The van der Waals surface area contributed by atoms with E-state index in [1.54, 1.807) is 0 Å². The van der Waals surface area contributed by atoms with Crippen LogP contribution in [0, 0.1) is 0 Å². The predicted molar refractivity (Wildman–Crippen MR) is 101 cm³/mol. The van der Waals surface area contributed by atoms with Crippen LogP contribution >= 0.6 is 11.6 Å². The average molecular weight is 368 g/mol. The topological polar surface area (TPSA) is 43.6 Å². The number of pyridine rings is 1. The Kier molecular flexibility index (Phi) is 4.62. The number of nitrogens with one attached hydrogen (secondary N) is 1. The highest BCUT2D eigenvalue weighted by atomic mass is 35.5. The van der Waals surface area contributed by atoms with Gasteiger partial charge in [0, 0.05) is 22.9 Å². The molecule has 4 rings (SSSR count). The molecule has 4 nitrogen and oxygen atoms in total. The molecule has 0 fully saturated rings. The van der Waals surface area contributed by atoms with E-state index < -0.39 is 0 Å². The van der Waals surface area contributed by atoms with E-state index in [1.807, 2.05) is 36.4 Å². The molecule has 1 aromatic heterocycles. The summed E-state index contributed by atoms with van der Waals surface area (Å²) in [5, 5.41) is 1.55.